The zero-order valence-electron chi connectivity index (χ0n) is 10.1. The first-order valence-electron chi connectivity index (χ1n) is 6.09. The van der Waals surface area contributed by atoms with Gasteiger partial charge in [-0.2, -0.15) is 9.64 Å². The molecule has 2 atom stereocenters. The second kappa shape index (κ2) is 5.37. The fourth-order valence-corrected chi connectivity index (χ4v) is 3.18. The van der Waals surface area contributed by atoms with Gasteiger partial charge in [0.2, 0.25) is 0 Å². The van der Waals surface area contributed by atoms with Gasteiger partial charge >= 0.3 is 0 Å². The van der Waals surface area contributed by atoms with E-state index in [0.717, 1.165) is 17.5 Å². The van der Waals surface area contributed by atoms with E-state index in [9.17, 15) is 0 Å². The van der Waals surface area contributed by atoms with Crippen LogP contribution in [0.3, 0.4) is 0 Å². The summed E-state index contributed by atoms with van der Waals surface area (Å²) in [6, 6.07) is 2.10. The number of anilines is 2. The highest BCUT2D eigenvalue weighted by Crippen LogP contribution is 2.30. The number of hydrogen-bond acceptors (Lipinski definition) is 5. The summed E-state index contributed by atoms with van der Waals surface area (Å²) < 4.78 is 4.00. The highest BCUT2D eigenvalue weighted by molar-refractivity contribution is 7.10. The topological polar surface area (TPSA) is 74.7 Å². The lowest BCUT2D eigenvalue weighted by atomic mass is 9.82. The maximum absolute atomic E-state index is 8.96. The van der Waals surface area contributed by atoms with Crippen molar-refractivity contribution >= 4 is 22.4 Å². The Morgan fingerprint density at radius 1 is 1.59 bits per heavy atom. The summed E-state index contributed by atoms with van der Waals surface area (Å²) in [6.07, 6.45) is 5.24. The third-order valence-electron chi connectivity index (χ3n) is 3.43. The third-order valence-corrected chi connectivity index (χ3v) is 4.25. The minimum absolute atomic E-state index is 0.344. The van der Waals surface area contributed by atoms with Gasteiger partial charge in [-0.05, 0) is 36.2 Å². The first-order valence-corrected chi connectivity index (χ1v) is 6.87. The van der Waals surface area contributed by atoms with Gasteiger partial charge in [0.25, 0.3) is 0 Å². The van der Waals surface area contributed by atoms with E-state index < -0.39 is 0 Å². The summed E-state index contributed by atoms with van der Waals surface area (Å²) in [7, 11) is 0. The molecule has 0 bridgehead atoms. The van der Waals surface area contributed by atoms with Gasteiger partial charge in [-0.25, -0.2) is 0 Å². The van der Waals surface area contributed by atoms with Crippen molar-refractivity contribution in [2.75, 3.05) is 17.6 Å². The van der Waals surface area contributed by atoms with Crippen molar-refractivity contribution in [1.29, 1.82) is 5.26 Å². The van der Waals surface area contributed by atoms with Crippen molar-refractivity contribution in [3.63, 3.8) is 0 Å². The van der Waals surface area contributed by atoms with E-state index in [4.69, 9.17) is 11.0 Å². The van der Waals surface area contributed by atoms with E-state index in [2.05, 4.69) is 22.7 Å². The molecule has 17 heavy (non-hydrogen) atoms. The minimum atomic E-state index is 0.344. The highest BCUT2D eigenvalue weighted by atomic mass is 32.1. The predicted octanol–water partition coefficient (Wildman–Crippen LogP) is 2.84. The smallest absolute Gasteiger partial charge is 0.157 e. The van der Waals surface area contributed by atoms with Gasteiger partial charge in [-0.15, -0.1) is 0 Å². The molecule has 0 radical (unpaired) electrons. The van der Waals surface area contributed by atoms with Crippen molar-refractivity contribution in [3.05, 3.63) is 5.56 Å². The second-order valence-corrected chi connectivity index (χ2v) is 5.68. The third kappa shape index (κ3) is 2.89. The highest BCUT2D eigenvalue weighted by Gasteiger charge is 2.19. The lowest BCUT2D eigenvalue weighted by Crippen LogP contribution is -2.20. The molecule has 1 aliphatic rings. The molecule has 2 rings (SSSR count). The van der Waals surface area contributed by atoms with Crippen molar-refractivity contribution in [2.24, 2.45) is 11.8 Å². The Bertz CT molecular complexity index is 421. The van der Waals surface area contributed by atoms with E-state index in [1.54, 1.807) is 0 Å². The largest absolute Gasteiger partial charge is 0.382 e. The molecule has 1 aliphatic carbocycles. The standard InChI is InChI=1S/C12H18N4S/c1-8-3-2-4-9(5-8)7-15-12-10(6-13)11(14)16-17-12/h8-9,15H,2-5,7H2,1H3,(H2,14,16). The van der Waals surface area contributed by atoms with Crippen LogP contribution < -0.4 is 11.1 Å². The molecule has 4 nitrogen and oxygen atoms in total. The van der Waals surface area contributed by atoms with Gasteiger partial charge in [0.1, 0.15) is 16.6 Å². The average molecular weight is 250 g/mol. The summed E-state index contributed by atoms with van der Waals surface area (Å²) in [5, 5.41) is 13.1. The maximum Gasteiger partial charge on any atom is 0.157 e. The molecule has 0 amide bonds. The van der Waals surface area contributed by atoms with E-state index >= 15 is 0 Å². The average Bonchev–Trinajstić information content (AvgIpc) is 2.67. The van der Waals surface area contributed by atoms with E-state index in [1.165, 1.54) is 37.2 Å². The molecule has 1 aromatic rings. The van der Waals surface area contributed by atoms with Crippen LogP contribution in [-0.2, 0) is 0 Å². The molecular formula is C12H18N4S. The van der Waals surface area contributed by atoms with Gasteiger partial charge in [0, 0.05) is 6.54 Å². The molecule has 0 aromatic carbocycles. The SMILES string of the molecule is CC1CCCC(CNc2snc(N)c2C#N)C1. The number of nitrogen functional groups attached to an aromatic ring is 1. The number of rotatable bonds is 3. The normalized spacial score (nSPS) is 24.2. The summed E-state index contributed by atoms with van der Waals surface area (Å²) in [5.41, 5.74) is 6.12. The van der Waals surface area contributed by atoms with Gasteiger partial charge < -0.3 is 11.1 Å². The Balaban J connectivity index is 1.91. The van der Waals surface area contributed by atoms with Crippen LogP contribution in [0.1, 0.15) is 38.2 Å². The van der Waals surface area contributed by atoms with Crippen molar-refractivity contribution in [1.82, 2.24) is 4.37 Å². The molecule has 0 aliphatic heterocycles. The van der Waals surface area contributed by atoms with Crippen LogP contribution in [0.15, 0.2) is 0 Å². The zero-order chi connectivity index (χ0) is 12.3. The molecule has 0 saturated heterocycles. The molecule has 1 fully saturated rings. The quantitative estimate of drug-likeness (QED) is 0.865. The van der Waals surface area contributed by atoms with Crippen LogP contribution in [0.4, 0.5) is 10.8 Å². The number of nitrogens with zero attached hydrogens (tertiary/aromatic N) is 2. The molecule has 1 heterocycles. The summed E-state index contributed by atoms with van der Waals surface area (Å²) in [4.78, 5) is 0. The molecule has 3 N–H and O–H groups in total. The minimum Gasteiger partial charge on any atom is -0.382 e. The summed E-state index contributed by atoms with van der Waals surface area (Å²) >= 11 is 1.28. The maximum atomic E-state index is 8.96. The van der Waals surface area contributed by atoms with Gasteiger partial charge in [-0.1, -0.05) is 19.8 Å². The molecule has 1 saturated carbocycles. The van der Waals surface area contributed by atoms with E-state index in [1.807, 2.05) is 0 Å². The van der Waals surface area contributed by atoms with Gasteiger partial charge in [0.15, 0.2) is 5.82 Å². The van der Waals surface area contributed by atoms with Crippen molar-refractivity contribution < 1.29 is 0 Å². The van der Waals surface area contributed by atoms with E-state index in [0.29, 0.717) is 17.3 Å². The lowest BCUT2D eigenvalue weighted by Gasteiger charge is -2.26. The first kappa shape index (κ1) is 12.2. The Morgan fingerprint density at radius 2 is 2.41 bits per heavy atom. The number of nitrogens with two attached hydrogens (primary N) is 1. The van der Waals surface area contributed by atoms with Crippen LogP contribution in [0.2, 0.25) is 0 Å². The molecule has 92 valence electrons. The molecule has 1 aromatic heterocycles. The molecular weight excluding hydrogens is 232 g/mol. The number of aromatic nitrogens is 1. The van der Waals surface area contributed by atoms with Crippen LogP contribution in [0.5, 0.6) is 0 Å². The monoisotopic (exact) mass is 250 g/mol. The molecule has 0 spiro atoms. The summed E-state index contributed by atoms with van der Waals surface area (Å²) in [6.45, 7) is 3.25. The van der Waals surface area contributed by atoms with E-state index in [-0.39, 0.29) is 0 Å². The van der Waals surface area contributed by atoms with Crippen molar-refractivity contribution in [3.8, 4) is 6.07 Å². The fraction of sp³-hybridized carbons (Fsp3) is 0.667. The second-order valence-electron chi connectivity index (χ2n) is 4.90. The van der Waals surface area contributed by atoms with Crippen LogP contribution in [0.25, 0.3) is 0 Å². The van der Waals surface area contributed by atoms with Gasteiger partial charge in [0.05, 0.1) is 0 Å². The number of hydrogen-bond donors (Lipinski definition) is 2. The Kier molecular flexibility index (Phi) is 3.85. The molecule has 5 heteroatoms. The van der Waals surface area contributed by atoms with Crippen LogP contribution in [0, 0.1) is 23.2 Å². The van der Waals surface area contributed by atoms with Crippen molar-refractivity contribution in [2.45, 2.75) is 32.6 Å². The lowest BCUT2D eigenvalue weighted by molar-refractivity contribution is 0.293. The van der Waals surface area contributed by atoms with Gasteiger partial charge in [-0.3, -0.25) is 0 Å². The number of nitriles is 1. The fourth-order valence-electron chi connectivity index (χ4n) is 2.51. The zero-order valence-corrected chi connectivity index (χ0v) is 10.9. The first-order chi connectivity index (χ1) is 8.20. The number of nitrogens with one attached hydrogen (secondary N) is 1. The van der Waals surface area contributed by atoms with Crippen LogP contribution >= 0.6 is 11.5 Å². The van der Waals surface area contributed by atoms with Crippen LogP contribution in [-0.4, -0.2) is 10.9 Å². The Morgan fingerprint density at radius 3 is 3.12 bits per heavy atom. The molecule has 2 unspecified atom stereocenters. The summed E-state index contributed by atoms with van der Waals surface area (Å²) in [5.74, 6) is 1.89. The predicted molar refractivity (Wildman–Crippen MR) is 70.9 cm³/mol. The Labute approximate surface area is 106 Å². The Hall–Kier alpha value is -1.28.